The number of hydrogen-bond donors (Lipinski definition) is 2. The Bertz CT molecular complexity index is 216. The molecule has 0 saturated heterocycles. The number of thiol groups is 1. The Kier molecular flexibility index (Phi) is 4.97. The van der Waals surface area contributed by atoms with Gasteiger partial charge in [0.05, 0.1) is 5.25 Å². The summed E-state index contributed by atoms with van der Waals surface area (Å²) in [6.07, 6.45) is 4.94. The van der Waals surface area contributed by atoms with Crippen molar-refractivity contribution < 1.29 is 4.79 Å². The standard InChI is InChI=1S/C12H23NOS/c1-8(2)10-6-4-5-7-11(10)13-12(14)9(3)15/h8-11,15H,4-7H2,1-3H3,(H,13,14). The lowest BCUT2D eigenvalue weighted by Crippen LogP contribution is -2.46. The lowest BCUT2D eigenvalue weighted by Gasteiger charge is -2.35. The van der Waals surface area contributed by atoms with E-state index in [0.29, 0.717) is 17.9 Å². The quantitative estimate of drug-likeness (QED) is 0.716. The predicted molar refractivity (Wildman–Crippen MR) is 67.2 cm³/mol. The molecule has 0 bridgehead atoms. The highest BCUT2D eigenvalue weighted by Gasteiger charge is 2.29. The highest BCUT2D eigenvalue weighted by Crippen LogP contribution is 2.30. The summed E-state index contributed by atoms with van der Waals surface area (Å²) in [7, 11) is 0. The zero-order valence-electron chi connectivity index (χ0n) is 9.99. The van der Waals surface area contributed by atoms with E-state index in [1.807, 2.05) is 6.92 Å². The van der Waals surface area contributed by atoms with E-state index >= 15 is 0 Å². The second-order valence-electron chi connectivity index (χ2n) is 4.98. The molecule has 1 aliphatic carbocycles. The van der Waals surface area contributed by atoms with Crippen molar-refractivity contribution in [3.63, 3.8) is 0 Å². The Hall–Kier alpha value is -0.180. The van der Waals surface area contributed by atoms with Gasteiger partial charge in [0.2, 0.25) is 5.91 Å². The molecule has 1 fully saturated rings. The van der Waals surface area contributed by atoms with Gasteiger partial charge in [0.15, 0.2) is 0 Å². The molecule has 0 aromatic heterocycles. The Balaban J connectivity index is 2.53. The van der Waals surface area contributed by atoms with Crippen molar-refractivity contribution >= 4 is 18.5 Å². The van der Waals surface area contributed by atoms with Crippen LogP contribution in [-0.2, 0) is 4.79 Å². The Labute approximate surface area is 98.6 Å². The number of carbonyl (C=O) groups is 1. The fraction of sp³-hybridized carbons (Fsp3) is 0.917. The number of nitrogens with one attached hydrogen (secondary N) is 1. The first kappa shape index (κ1) is 12.9. The lowest BCUT2D eigenvalue weighted by atomic mass is 9.78. The van der Waals surface area contributed by atoms with E-state index in [0.717, 1.165) is 6.42 Å². The summed E-state index contributed by atoms with van der Waals surface area (Å²) in [4.78, 5) is 11.6. The zero-order valence-corrected chi connectivity index (χ0v) is 10.9. The molecular weight excluding hydrogens is 206 g/mol. The van der Waals surface area contributed by atoms with Crippen molar-refractivity contribution in [3.8, 4) is 0 Å². The number of hydrogen-bond acceptors (Lipinski definition) is 2. The Morgan fingerprint density at radius 1 is 1.27 bits per heavy atom. The summed E-state index contributed by atoms with van der Waals surface area (Å²) < 4.78 is 0. The molecule has 0 aromatic carbocycles. The molecule has 0 radical (unpaired) electrons. The molecule has 2 nitrogen and oxygen atoms in total. The Morgan fingerprint density at radius 2 is 1.87 bits per heavy atom. The van der Waals surface area contributed by atoms with E-state index in [4.69, 9.17) is 0 Å². The zero-order chi connectivity index (χ0) is 11.4. The third-order valence-corrected chi connectivity index (χ3v) is 3.62. The number of carbonyl (C=O) groups excluding carboxylic acids is 1. The molecule has 0 heterocycles. The van der Waals surface area contributed by atoms with Crippen LogP contribution in [-0.4, -0.2) is 17.2 Å². The third-order valence-electron chi connectivity index (χ3n) is 3.38. The monoisotopic (exact) mass is 229 g/mol. The van der Waals surface area contributed by atoms with Crippen molar-refractivity contribution in [3.05, 3.63) is 0 Å². The van der Waals surface area contributed by atoms with Crippen molar-refractivity contribution in [2.45, 2.75) is 57.7 Å². The Morgan fingerprint density at radius 3 is 2.40 bits per heavy atom. The van der Waals surface area contributed by atoms with Crippen LogP contribution < -0.4 is 5.32 Å². The van der Waals surface area contributed by atoms with Gasteiger partial charge < -0.3 is 5.32 Å². The minimum Gasteiger partial charge on any atom is -0.352 e. The molecule has 1 aliphatic rings. The van der Waals surface area contributed by atoms with Gasteiger partial charge in [-0.3, -0.25) is 4.79 Å². The largest absolute Gasteiger partial charge is 0.352 e. The van der Waals surface area contributed by atoms with Gasteiger partial charge >= 0.3 is 0 Å². The van der Waals surface area contributed by atoms with Crippen LogP contribution in [0.1, 0.15) is 46.5 Å². The predicted octanol–water partition coefficient (Wildman–Crippen LogP) is 2.64. The topological polar surface area (TPSA) is 29.1 Å². The molecule has 3 unspecified atom stereocenters. The summed E-state index contributed by atoms with van der Waals surface area (Å²) in [6.45, 7) is 6.32. The van der Waals surface area contributed by atoms with Crippen LogP contribution in [0.15, 0.2) is 0 Å². The van der Waals surface area contributed by atoms with Crippen molar-refractivity contribution in [2.75, 3.05) is 0 Å². The van der Waals surface area contributed by atoms with E-state index in [-0.39, 0.29) is 11.2 Å². The van der Waals surface area contributed by atoms with Crippen LogP contribution in [0, 0.1) is 11.8 Å². The van der Waals surface area contributed by atoms with Crippen LogP contribution in [0.5, 0.6) is 0 Å². The molecule has 1 N–H and O–H groups in total. The first-order valence-electron chi connectivity index (χ1n) is 6.00. The fourth-order valence-electron chi connectivity index (χ4n) is 2.44. The normalized spacial score (nSPS) is 28.9. The molecule has 1 rings (SSSR count). The van der Waals surface area contributed by atoms with Crippen molar-refractivity contribution in [1.82, 2.24) is 5.32 Å². The summed E-state index contributed by atoms with van der Waals surface area (Å²) in [5.74, 6) is 1.39. The average Bonchev–Trinajstić information content (AvgIpc) is 2.18. The summed E-state index contributed by atoms with van der Waals surface area (Å²) in [5.41, 5.74) is 0. The molecule has 15 heavy (non-hydrogen) atoms. The minimum absolute atomic E-state index is 0.0795. The molecule has 0 spiro atoms. The maximum absolute atomic E-state index is 11.6. The fourth-order valence-corrected chi connectivity index (χ4v) is 2.51. The lowest BCUT2D eigenvalue weighted by molar-refractivity contribution is -0.121. The van der Waals surface area contributed by atoms with Gasteiger partial charge in [0.25, 0.3) is 0 Å². The smallest absolute Gasteiger partial charge is 0.232 e. The second kappa shape index (κ2) is 5.78. The SMILES string of the molecule is CC(S)C(=O)NC1CCCCC1C(C)C. The first-order chi connectivity index (χ1) is 7.02. The van der Waals surface area contributed by atoms with E-state index in [1.54, 1.807) is 0 Å². The molecule has 88 valence electrons. The molecule has 1 amide bonds. The summed E-state index contributed by atoms with van der Waals surface area (Å²) >= 11 is 4.16. The highest BCUT2D eigenvalue weighted by atomic mass is 32.1. The van der Waals surface area contributed by atoms with Gasteiger partial charge in [-0.15, -0.1) is 0 Å². The van der Waals surface area contributed by atoms with E-state index in [2.05, 4.69) is 31.8 Å². The summed E-state index contributed by atoms with van der Waals surface area (Å²) in [5, 5.41) is 2.94. The molecule has 1 saturated carbocycles. The molecule has 3 atom stereocenters. The molecule has 0 aliphatic heterocycles. The highest BCUT2D eigenvalue weighted by molar-refractivity contribution is 7.81. The van der Waals surface area contributed by atoms with Crippen LogP contribution in [0.25, 0.3) is 0 Å². The van der Waals surface area contributed by atoms with Gasteiger partial charge in [0, 0.05) is 6.04 Å². The molecule has 0 aromatic rings. The number of amides is 1. The van der Waals surface area contributed by atoms with Gasteiger partial charge in [-0.05, 0) is 31.6 Å². The van der Waals surface area contributed by atoms with Crippen LogP contribution in [0.3, 0.4) is 0 Å². The number of rotatable bonds is 3. The van der Waals surface area contributed by atoms with Crippen molar-refractivity contribution in [2.24, 2.45) is 11.8 Å². The van der Waals surface area contributed by atoms with E-state index < -0.39 is 0 Å². The maximum Gasteiger partial charge on any atom is 0.232 e. The van der Waals surface area contributed by atoms with Gasteiger partial charge in [-0.1, -0.05) is 26.7 Å². The maximum atomic E-state index is 11.6. The van der Waals surface area contributed by atoms with E-state index in [1.165, 1.54) is 19.3 Å². The van der Waals surface area contributed by atoms with Gasteiger partial charge in [-0.25, -0.2) is 0 Å². The van der Waals surface area contributed by atoms with Gasteiger partial charge in [0.1, 0.15) is 0 Å². The summed E-state index contributed by atoms with van der Waals surface area (Å²) in [6, 6.07) is 0.376. The average molecular weight is 229 g/mol. The van der Waals surface area contributed by atoms with Crippen LogP contribution >= 0.6 is 12.6 Å². The van der Waals surface area contributed by atoms with Crippen LogP contribution in [0.2, 0.25) is 0 Å². The minimum atomic E-state index is -0.195. The third kappa shape index (κ3) is 3.71. The first-order valence-corrected chi connectivity index (χ1v) is 6.52. The van der Waals surface area contributed by atoms with Crippen molar-refractivity contribution in [1.29, 1.82) is 0 Å². The molecular formula is C12H23NOS. The van der Waals surface area contributed by atoms with Gasteiger partial charge in [-0.2, -0.15) is 12.6 Å². The second-order valence-corrected chi connectivity index (χ2v) is 5.76. The van der Waals surface area contributed by atoms with E-state index in [9.17, 15) is 4.79 Å². The molecule has 3 heteroatoms. The van der Waals surface area contributed by atoms with Crippen LogP contribution in [0.4, 0.5) is 0 Å².